The Morgan fingerprint density at radius 3 is 1.81 bits per heavy atom. The second kappa shape index (κ2) is 14.8. The zero-order chi connectivity index (χ0) is 26.0. The molecule has 4 N–H and O–H groups in total. The number of hydrogen-bond acceptors (Lipinski definition) is 6. The van der Waals surface area contributed by atoms with Crippen LogP contribution in [-0.2, 0) is 19.3 Å². The van der Waals surface area contributed by atoms with Crippen molar-refractivity contribution in [1.29, 1.82) is 0 Å². The predicted molar refractivity (Wildman–Crippen MR) is 140 cm³/mol. The van der Waals surface area contributed by atoms with Crippen molar-refractivity contribution in [2.24, 2.45) is 35.5 Å². The molecule has 4 fully saturated rings. The lowest BCUT2D eigenvalue weighted by Gasteiger charge is -2.35. The standard InChI is InChI=1S/C29H50N2O6/c32-28(26-7-3-4-8-27(26)29(33)34)30-24-13-9-20(10-14-24)17-21-11-15-25(16-12-21)31-36-18-22-5-1-2-6-23(22)19-37-35/h20-27,31,35H,1-19H2,(H,30,32)(H,33,34). The van der Waals surface area contributed by atoms with Gasteiger partial charge in [0.2, 0.25) is 5.91 Å². The second-order valence-corrected chi connectivity index (χ2v) is 12.5. The van der Waals surface area contributed by atoms with Crippen molar-refractivity contribution < 1.29 is 29.7 Å². The van der Waals surface area contributed by atoms with Crippen LogP contribution in [0.3, 0.4) is 0 Å². The third-order valence-electron chi connectivity index (χ3n) is 10.0. The Balaban J connectivity index is 1.08. The summed E-state index contributed by atoms with van der Waals surface area (Å²) in [6.07, 6.45) is 18.4. The molecule has 0 spiro atoms. The van der Waals surface area contributed by atoms with Crippen LogP contribution in [0.1, 0.15) is 109 Å². The number of hydrogen-bond donors (Lipinski definition) is 4. The third-order valence-corrected chi connectivity index (χ3v) is 10.0. The Bertz CT molecular complexity index is 703. The summed E-state index contributed by atoms with van der Waals surface area (Å²) in [5, 5.41) is 21.5. The maximum absolute atomic E-state index is 12.8. The van der Waals surface area contributed by atoms with E-state index in [1.165, 1.54) is 44.9 Å². The highest BCUT2D eigenvalue weighted by Gasteiger charge is 2.37. The molecule has 0 saturated heterocycles. The van der Waals surface area contributed by atoms with Crippen molar-refractivity contribution in [3.63, 3.8) is 0 Å². The van der Waals surface area contributed by atoms with Gasteiger partial charge in [-0.25, -0.2) is 4.89 Å². The van der Waals surface area contributed by atoms with Gasteiger partial charge < -0.3 is 15.3 Å². The third kappa shape index (κ3) is 8.64. The molecule has 212 valence electrons. The lowest BCUT2D eigenvalue weighted by molar-refractivity contribution is -0.256. The number of carboxylic acids is 1. The lowest BCUT2D eigenvalue weighted by Crippen LogP contribution is -2.45. The molecule has 4 rings (SSSR count). The van der Waals surface area contributed by atoms with E-state index < -0.39 is 11.9 Å². The van der Waals surface area contributed by atoms with Crippen LogP contribution in [-0.4, -0.2) is 47.5 Å². The molecule has 8 heteroatoms. The molecule has 8 nitrogen and oxygen atoms in total. The summed E-state index contributed by atoms with van der Waals surface area (Å²) in [6, 6.07) is 0.651. The van der Waals surface area contributed by atoms with E-state index in [2.05, 4.69) is 15.7 Å². The van der Waals surface area contributed by atoms with Crippen LogP contribution in [0.2, 0.25) is 0 Å². The summed E-state index contributed by atoms with van der Waals surface area (Å²) in [6.45, 7) is 1.12. The first kappa shape index (κ1) is 28.8. The van der Waals surface area contributed by atoms with Gasteiger partial charge >= 0.3 is 5.97 Å². The molecule has 0 aromatic carbocycles. The van der Waals surface area contributed by atoms with Gasteiger partial charge in [0.15, 0.2) is 0 Å². The van der Waals surface area contributed by atoms with Crippen molar-refractivity contribution in [2.45, 2.75) is 121 Å². The van der Waals surface area contributed by atoms with Crippen LogP contribution >= 0.6 is 0 Å². The summed E-state index contributed by atoms with van der Waals surface area (Å²) in [4.78, 5) is 34.7. The minimum Gasteiger partial charge on any atom is -0.481 e. The molecule has 4 unspecified atom stereocenters. The van der Waals surface area contributed by atoms with Crippen LogP contribution in [0.4, 0.5) is 0 Å². The molecular weight excluding hydrogens is 472 g/mol. The first-order valence-electron chi connectivity index (χ1n) is 15.2. The molecule has 0 aliphatic heterocycles. The molecule has 4 aliphatic carbocycles. The number of carboxylic acid groups (broad SMARTS) is 1. The molecule has 1 amide bonds. The zero-order valence-electron chi connectivity index (χ0n) is 22.6. The average Bonchev–Trinajstić information content (AvgIpc) is 2.92. The number of nitrogens with one attached hydrogen (secondary N) is 2. The largest absolute Gasteiger partial charge is 0.481 e. The molecule has 0 heterocycles. The predicted octanol–water partition coefficient (Wildman–Crippen LogP) is 5.32. The molecule has 0 aromatic heterocycles. The molecule has 4 atom stereocenters. The Hall–Kier alpha value is -1.22. The van der Waals surface area contributed by atoms with Crippen molar-refractivity contribution in [3.05, 3.63) is 0 Å². The van der Waals surface area contributed by atoms with Crippen LogP contribution in [0.5, 0.6) is 0 Å². The monoisotopic (exact) mass is 522 g/mol. The Morgan fingerprint density at radius 1 is 0.676 bits per heavy atom. The molecule has 4 aliphatic rings. The quantitative estimate of drug-likeness (QED) is 0.214. The van der Waals surface area contributed by atoms with Crippen molar-refractivity contribution in [3.8, 4) is 0 Å². The Morgan fingerprint density at radius 2 is 1.22 bits per heavy atom. The van der Waals surface area contributed by atoms with E-state index in [0.717, 1.165) is 63.2 Å². The number of carbonyl (C=O) groups excluding carboxylic acids is 1. The highest BCUT2D eigenvalue weighted by atomic mass is 17.1. The first-order valence-corrected chi connectivity index (χ1v) is 15.2. The average molecular weight is 523 g/mol. The van der Waals surface area contributed by atoms with Gasteiger partial charge in [-0.05, 0) is 107 Å². The van der Waals surface area contributed by atoms with Crippen molar-refractivity contribution >= 4 is 11.9 Å². The van der Waals surface area contributed by atoms with Gasteiger partial charge in [0.1, 0.15) is 0 Å². The molecule has 0 bridgehead atoms. The second-order valence-electron chi connectivity index (χ2n) is 12.5. The van der Waals surface area contributed by atoms with Crippen molar-refractivity contribution in [2.75, 3.05) is 13.2 Å². The molecule has 0 aromatic rings. The van der Waals surface area contributed by atoms with E-state index in [1.54, 1.807) is 0 Å². The fraction of sp³-hybridized carbons (Fsp3) is 0.931. The van der Waals surface area contributed by atoms with E-state index in [4.69, 9.17) is 10.1 Å². The minimum atomic E-state index is -0.814. The van der Waals surface area contributed by atoms with E-state index in [9.17, 15) is 14.7 Å². The van der Waals surface area contributed by atoms with Crippen LogP contribution in [0, 0.1) is 35.5 Å². The fourth-order valence-corrected chi connectivity index (χ4v) is 7.67. The van der Waals surface area contributed by atoms with E-state index >= 15 is 0 Å². The molecule has 4 saturated carbocycles. The van der Waals surface area contributed by atoms with Gasteiger partial charge in [-0.2, -0.15) is 5.48 Å². The zero-order valence-corrected chi connectivity index (χ0v) is 22.6. The SMILES string of the molecule is O=C(O)C1CCCCC1C(=O)NC1CCC(CC2CCC(NOCC3CCCCC3COO)CC2)CC1. The number of carbonyl (C=O) groups is 2. The maximum atomic E-state index is 12.8. The molecule has 0 radical (unpaired) electrons. The number of amides is 1. The van der Waals surface area contributed by atoms with Gasteiger partial charge in [0, 0.05) is 12.1 Å². The summed E-state index contributed by atoms with van der Waals surface area (Å²) in [5.41, 5.74) is 3.34. The van der Waals surface area contributed by atoms with Gasteiger partial charge in [-0.1, -0.05) is 25.7 Å². The summed E-state index contributed by atoms with van der Waals surface area (Å²) in [5.74, 6) is 0.699. The van der Waals surface area contributed by atoms with E-state index in [-0.39, 0.29) is 17.9 Å². The van der Waals surface area contributed by atoms with E-state index in [1.807, 2.05) is 0 Å². The van der Waals surface area contributed by atoms with E-state index in [0.29, 0.717) is 43.9 Å². The topological polar surface area (TPSA) is 117 Å². The van der Waals surface area contributed by atoms with Crippen LogP contribution < -0.4 is 10.8 Å². The maximum Gasteiger partial charge on any atom is 0.307 e. The first-order chi connectivity index (χ1) is 18.0. The lowest BCUT2D eigenvalue weighted by atomic mass is 9.75. The van der Waals surface area contributed by atoms with Gasteiger partial charge in [0.05, 0.1) is 25.0 Å². The highest BCUT2D eigenvalue weighted by Crippen LogP contribution is 2.36. The summed E-state index contributed by atoms with van der Waals surface area (Å²) < 4.78 is 0. The van der Waals surface area contributed by atoms with Crippen molar-refractivity contribution in [1.82, 2.24) is 10.8 Å². The minimum absolute atomic E-state index is 0.0238. The van der Waals surface area contributed by atoms with Crippen LogP contribution in [0.15, 0.2) is 0 Å². The Labute approximate surface area is 222 Å². The normalized spacial score (nSPS) is 37.1. The van der Waals surface area contributed by atoms with Gasteiger partial charge in [-0.15, -0.1) is 0 Å². The van der Waals surface area contributed by atoms with Crippen LogP contribution in [0.25, 0.3) is 0 Å². The molecule has 37 heavy (non-hydrogen) atoms. The Kier molecular flexibility index (Phi) is 11.5. The summed E-state index contributed by atoms with van der Waals surface area (Å²) in [7, 11) is 0. The fourth-order valence-electron chi connectivity index (χ4n) is 7.67. The van der Waals surface area contributed by atoms with Gasteiger partial charge in [0.25, 0.3) is 0 Å². The number of aliphatic carboxylic acids is 1. The number of rotatable bonds is 11. The number of hydroxylamine groups is 1. The molecular formula is C29H50N2O6. The van der Waals surface area contributed by atoms with Gasteiger partial charge in [-0.3, -0.25) is 14.8 Å². The smallest absolute Gasteiger partial charge is 0.307 e. The highest BCUT2D eigenvalue weighted by molar-refractivity contribution is 5.85. The summed E-state index contributed by atoms with van der Waals surface area (Å²) >= 11 is 0.